The van der Waals surface area contributed by atoms with E-state index in [1.807, 2.05) is 22.9 Å². The lowest BCUT2D eigenvalue weighted by Crippen LogP contribution is -2.52. The fourth-order valence-corrected chi connectivity index (χ4v) is 3.63. The Kier molecular flexibility index (Phi) is 3.80. The largest absolute Gasteiger partial charge is 0.327 e. The average molecular weight is 339 g/mol. The van der Waals surface area contributed by atoms with Crippen LogP contribution in [-0.2, 0) is 11.3 Å². The lowest BCUT2D eigenvalue weighted by Gasteiger charge is -2.35. The number of amides is 3. The second kappa shape index (κ2) is 6.00. The number of para-hydroxylation sites is 1. The molecular weight excluding hydrogens is 318 g/mol. The maximum atomic E-state index is 12.3. The minimum atomic E-state index is -0.360. The highest BCUT2D eigenvalue weighted by atomic mass is 16.2. The van der Waals surface area contributed by atoms with Gasteiger partial charge in [-0.2, -0.15) is 5.10 Å². The molecule has 0 radical (unpaired) electrons. The summed E-state index contributed by atoms with van der Waals surface area (Å²) in [5, 5.41) is 4.47. The van der Waals surface area contributed by atoms with Gasteiger partial charge in [0.1, 0.15) is 6.04 Å². The van der Waals surface area contributed by atoms with Gasteiger partial charge in [-0.15, -0.1) is 0 Å². The van der Waals surface area contributed by atoms with E-state index in [9.17, 15) is 9.59 Å². The number of fused-ring (bicyclic) bond motifs is 1. The van der Waals surface area contributed by atoms with Crippen LogP contribution >= 0.6 is 0 Å². The zero-order valence-electron chi connectivity index (χ0n) is 14.4. The number of piperazine rings is 1. The van der Waals surface area contributed by atoms with Crippen molar-refractivity contribution >= 4 is 11.9 Å². The highest BCUT2D eigenvalue weighted by Crippen LogP contribution is 2.23. The molecule has 2 fully saturated rings. The van der Waals surface area contributed by atoms with Gasteiger partial charge in [0.2, 0.25) is 0 Å². The van der Waals surface area contributed by atoms with E-state index >= 15 is 0 Å². The number of imide groups is 1. The summed E-state index contributed by atoms with van der Waals surface area (Å²) in [5.74, 6) is -0.109. The molecule has 2 saturated heterocycles. The molecule has 0 N–H and O–H groups in total. The van der Waals surface area contributed by atoms with Crippen LogP contribution in [0.2, 0.25) is 0 Å². The summed E-state index contributed by atoms with van der Waals surface area (Å²) in [6.07, 6.45) is 1.80. The van der Waals surface area contributed by atoms with Gasteiger partial charge in [-0.1, -0.05) is 18.2 Å². The Bertz CT molecular complexity index is 830. The molecule has 7 nitrogen and oxygen atoms in total. The standard InChI is InChI=1S/C18H21N5O2/c1-13-5-3-4-6-15(13)23-14(7-8-19-23)11-21-9-10-22-16(12-21)17(24)20(2)18(22)25/h3-8,16H,9-12H2,1-2H3. The van der Waals surface area contributed by atoms with E-state index in [-0.39, 0.29) is 18.0 Å². The van der Waals surface area contributed by atoms with Gasteiger partial charge in [0, 0.05) is 39.4 Å². The van der Waals surface area contributed by atoms with Crippen molar-refractivity contribution in [3.05, 3.63) is 47.8 Å². The molecular formula is C18H21N5O2. The van der Waals surface area contributed by atoms with Crippen molar-refractivity contribution in [3.63, 3.8) is 0 Å². The van der Waals surface area contributed by atoms with Crippen LogP contribution in [0.15, 0.2) is 36.5 Å². The fourth-order valence-electron chi connectivity index (χ4n) is 3.63. The normalized spacial score (nSPS) is 21.1. The zero-order valence-corrected chi connectivity index (χ0v) is 14.4. The summed E-state index contributed by atoms with van der Waals surface area (Å²) in [7, 11) is 1.56. The number of carbonyl (C=O) groups excluding carboxylic acids is 2. The van der Waals surface area contributed by atoms with Crippen molar-refractivity contribution in [2.75, 3.05) is 26.7 Å². The molecule has 2 aromatic rings. The van der Waals surface area contributed by atoms with Gasteiger partial charge >= 0.3 is 6.03 Å². The van der Waals surface area contributed by atoms with Crippen molar-refractivity contribution in [2.24, 2.45) is 0 Å². The number of likely N-dealkylation sites (N-methyl/N-ethyl adjacent to an activating group) is 1. The molecule has 1 aromatic heterocycles. The van der Waals surface area contributed by atoms with Crippen LogP contribution in [0, 0.1) is 6.92 Å². The number of rotatable bonds is 3. The second-order valence-corrected chi connectivity index (χ2v) is 6.64. The Morgan fingerprint density at radius 2 is 1.96 bits per heavy atom. The maximum Gasteiger partial charge on any atom is 0.327 e. The molecule has 3 amide bonds. The maximum absolute atomic E-state index is 12.3. The third-order valence-electron chi connectivity index (χ3n) is 5.06. The van der Waals surface area contributed by atoms with Crippen LogP contribution in [0.1, 0.15) is 11.3 Å². The predicted molar refractivity (Wildman–Crippen MR) is 92.2 cm³/mol. The summed E-state index contributed by atoms with van der Waals surface area (Å²) in [4.78, 5) is 29.4. The van der Waals surface area contributed by atoms with E-state index in [4.69, 9.17) is 0 Å². The third kappa shape index (κ3) is 2.60. The molecule has 130 valence electrons. The van der Waals surface area contributed by atoms with E-state index < -0.39 is 0 Å². The first-order valence-electron chi connectivity index (χ1n) is 8.45. The summed E-state index contributed by atoms with van der Waals surface area (Å²) >= 11 is 0. The number of hydrogen-bond donors (Lipinski definition) is 0. The van der Waals surface area contributed by atoms with Crippen LogP contribution in [0.5, 0.6) is 0 Å². The van der Waals surface area contributed by atoms with Crippen LogP contribution in [-0.4, -0.2) is 69.1 Å². The van der Waals surface area contributed by atoms with E-state index in [1.165, 1.54) is 4.90 Å². The number of hydrogen-bond acceptors (Lipinski definition) is 4. The monoisotopic (exact) mass is 339 g/mol. The Balaban J connectivity index is 1.53. The first kappa shape index (κ1) is 15.8. The molecule has 3 heterocycles. The number of carbonyl (C=O) groups is 2. The molecule has 1 atom stereocenters. The molecule has 0 bridgehead atoms. The number of urea groups is 1. The van der Waals surface area contributed by atoms with Crippen molar-refractivity contribution in [1.29, 1.82) is 0 Å². The summed E-state index contributed by atoms with van der Waals surface area (Å²) in [6.45, 7) is 4.66. The minimum absolute atomic E-state index is 0.109. The first-order chi connectivity index (χ1) is 12.1. The molecule has 1 aromatic carbocycles. The van der Waals surface area contributed by atoms with Crippen molar-refractivity contribution in [3.8, 4) is 5.69 Å². The van der Waals surface area contributed by atoms with Gasteiger partial charge in [0.05, 0.1) is 11.4 Å². The molecule has 2 aliphatic rings. The summed E-state index contributed by atoms with van der Waals surface area (Å²) in [6, 6.07) is 9.61. The van der Waals surface area contributed by atoms with Crippen molar-refractivity contribution < 1.29 is 9.59 Å². The molecule has 2 aliphatic heterocycles. The van der Waals surface area contributed by atoms with Crippen molar-refractivity contribution in [2.45, 2.75) is 19.5 Å². The number of aryl methyl sites for hydroxylation is 1. The van der Waals surface area contributed by atoms with Crippen molar-refractivity contribution in [1.82, 2.24) is 24.5 Å². The molecule has 0 aliphatic carbocycles. The quantitative estimate of drug-likeness (QED) is 0.790. The van der Waals surface area contributed by atoms with Gasteiger partial charge in [-0.3, -0.25) is 14.6 Å². The smallest absolute Gasteiger partial charge is 0.310 e. The Morgan fingerprint density at radius 3 is 2.76 bits per heavy atom. The number of benzene rings is 1. The van der Waals surface area contributed by atoms with E-state index in [0.717, 1.165) is 23.5 Å². The highest BCUT2D eigenvalue weighted by Gasteiger charge is 2.45. The Labute approximate surface area is 146 Å². The summed E-state index contributed by atoms with van der Waals surface area (Å²) < 4.78 is 1.95. The molecule has 4 rings (SSSR count). The molecule has 7 heteroatoms. The number of nitrogens with zero attached hydrogens (tertiary/aromatic N) is 5. The van der Waals surface area contributed by atoms with E-state index in [2.05, 4.69) is 29.1 Å². The topological polar surface area (TPSA) is 61.7 Å². The van der Waals surface area contributed by atoms with Gasteiger partial charge in [0.15, 0.2) is 0 Å². The van der Waals surface area contributed by atoms with Crippen LogP contribution < -0.4 is 0 Å². The van der Waals surface area contributed by atoms with Gasteiger partial charge in [-0.05, 0) is 24.6 Å². The Hall–Kier alpha value is -2.67. The molecule has 1 unspecified atom stereocenters. The van der Waals surface area contributed by atoms with Gasteiger partial charge in [-0.25, -0.2) is 9.48 Å². The fraction of sp³-hybridized carbons (Fsp3) is 0.389. The predicted octanol–water partition coefficient (Wildman–Crippen LogP) is 1.26. The first-order valence-corrected chi connectivity index (χ1v) is 8.45. The van der Waals surface area contributed by atoms with Gasteiger partial charge in [0.25, 0.3) is 5.91 Å². The lowest BCUT2D eigenvalue weighted by molar-refractivity contribution is -0.128. The second-order valence-electron chi connectivity index (χ2n) is 6.64. The van der Waals surface area contributed by atoms with E-state index in [1.54, 1.807) is 18.1 Å². The van der Waals surface area contributed by atoms with Crippen LogP contribution in [0.25, 0.3) is 5.69 Å². The van der Waals surface area contributed by atoms with Crippen LogP contribution in [0.3, 0.4) is 0 Å². The highest BCUT2D eigenvalue weighted by molar-refractivity contribution is 6.04. The lowest BCUT2D eigenvalue weighted by atomic mass is 10.1. The molecule has 25 heavy (non-hydrogen) atoms. The third-order valence-corrected chi connectivity index (χ3v) is 5.06. The molecule has 0 spiro atoms. The molecule has 0 saturated carbocycles. The Morgan fingerprint density at radius 1 is 1.16 bits per heavy atom. The SMILES string of the molecule is Cc1ccccc1-n1nccc1CN1CCN2C(=O)N(C)C(=O)C2C1. The minimum Gasteiger partial charge on any atom is -0.310 e. The van der Waals surface area contributed by atoms with E-state index in [0.29, 0.717) is 19.6 Å². The zero-order chi connectivity index (χ0) is 17.6. The summed E-state index contributed by atoms with van der Waals surface area (Å²) in [5.41, 5.74) is 3.30. The van der Waals surface area contributed by atoms with Crippen LogP contribution in [0.4, 0.5) is 4.79 Å². The van der Waals surface area contributed by atoms with Gasteiger partial charge < -0.3 is 4.90 Å². The average Bonchev–Trinajstić information content (AvgIpc) is 3.15. The number of aromatic nitrogens is 2.